The number of aromatic nitrogens is 8. The van der Waals surface area contributed by atoms with E-state index in [1.807, 2.05) is 18.2 Å². The van der Waals surface area contributed by atoms with Crippen molar-refractivity contribution in [3.63, 3.8) is 0 Å². The maximum atomic E-state index is 4.90. The van der Waals surface area contributed by atoms with E-state index in [4.69, 9.17) is 4.98 Å². The van der Waals surface area contributed by atoms with Crippen LogP contribution in [0.5, 0.6) is 0 Å². The van der Waals surface area contributed by atoms with Gasteiger partial charge in [-0.2, -0.15) is 10.3 Å². The minimum Gasteiger partial charge on any atom is -0.262 e. The summed E-state index contributed by atoms with van der Waals surface area (Å²) in [5.41, 5.74) is 1.61. The smallest absolute Gasteiger partial charge is 0.222 e. The summed E-state index contributed by atoms with van der Waals surface area (Å²) in [4.78, 5) is 9.51. The number of hydrogen-bond acceptors (Lipinski definition) is 6. The van der Waals surface area contributed by atoms with Gasteiger partial charge in [0.15, 0.2) is 5.82 Å². The van der Waals surface area contributed by atoms with E-state index in [0.29, 0.717) is 17.3 Å². The Morgan fingerprint density at radius 2 is 1.54 bits per heavy atom. The van der Waals surface area contributed by atoms with Crippen LogP contribution in [0.15, 0.2) is 18.2 Å². The highest BCUT2D eigenvalue weighted by atomic mass is 15.5. The topological polar surface area (TPSA) is 109 Å². The Labute approximate surface area is 150 Å². The van der Waals surface area contributed by atoms with Gasteiger partial charge in [-0.25, -0.2) is 9.97 Å². The first-order chi connectivity index (χ1) is 12.8. The van der Waals surface area contributed by atoms with Crippen LogP contribution in [0, 0.1) is 17.8 Å². The van der Waals surface area contributed by atoms with Gasteiger partial charge in [0.2, 0.25) is 5.82 Å². The number of tetrazole rings is 1. The number of rotatable bonds is 3. The van der Waals surface area contributed by atoms with E-state index in [-0.39, 0.29) is 5.41 Å². The highest BCUT2D eigenvalue weighted by Crippen LogP contribution is 2.60. The van der Waals surface area contributed by atoms with Gasteiger partial charge in [-0.05, 0) is 73.6 Å². The molecule has 0 radical (unpaired) electrons. The second-order valence-corrected chi connectivity index (χ2v) is 8.35. The number of aromatic amines is 2. The molecule has 4 aliphatic rings. The average Bonchev–Trinajstić information content (AvgIpc) is 3.33. The molecule has 0 amide bonds. The van der Waals surface area contributed by atoms with Gasteiger partial charge in [0.25, 0.3) is 0 Å². The Morgan fingerprint density at radius 1 is 0.846 bits per heavy atom. The highest BCUT2D eigenvalue weighted by molar-refractivity contribution is 5.56. The van der Waals surface area contributed by atoms with Crippen LogP contribution >= 0.6 is 0 Å². The van der Waals surface area contributed by atoms with Crippen LogP contribution < -0.4 is 0 Å². The molecule has 7 rings (SSSR count). The molecular formula is C18H20N8. The fourth-order valence-electron chi connectivity index (χ4n) is 5.97. The lowest BCUT2D eigenvalue weighted by atomic mass is 9.49. The van der Waals surface area contributed by atoms with Crippen molar-refractivity contribution in [2.75, 3.05) is 0 Å². The van der Waals surface area contributed by atoms with Crippen molar-refractivity contribution in [2.45, 2.75) is 43.9 Å². The Morgan fingerprint density at radius 3 is 2.19 bits per heavy atom. The average molecular weight is 348 g/mol. The third kappa shape index (κ3) is 2.14. The molecule has 2 N–H and O–H groups in total. The lowest BCUT2D eigenvalue weighted by Crippen LogP contribution is -2.49. The summed E-state index contributed by atoms with van der Waals surface area (Å²) in [5.74, 6) is 4.85. The van der Waals surface area contributed by atoms with Gasteiger partial charge in [-0.1, -0.05) is 6.07 Å². The molecule has 3 aromatic heterocycles. The number of nitrogens with one attached hydrogen (secondary N) is 2. The van der Waals surface area contributed by atoms with E-state index in [9.17, 15) is 0 Å². The minimum atomic E-state index is 0.214. The fraction of sp³-hybridized carbons (Fsp3) is 0.556. The highest BCUT2D eigenvalue weighted by Gasteiger charge is 2.53. The molecule has 3 aromatic rings. The molecule has 4 saturated carbocycles. The van der Waals surface area contributed by atoms with E-state index in [2.05, 4.69) is 35.8 Å². The fourth-order valence-corrected chi connectivity index (χ4v) is 5.97. The molecule has 3 heterocycles. The van der Waals surface area contributed by atoms with Gasteiger partial charge in [-0.15, -0.1) is 10.2 Å². The third-order valence-corrected chi connectivity index (χ3v) is 6.58. The van der Waals surface area contributed by atoms with Gasteiger partial charge in [0.05, 0.1) is 0 Å². The maximum absolute atomic E-state index is 4.90. The van der Waals surface area contributed by atoms with Crippen molar-refractivity contribution in [1.82, 2.24) is 40.8 Å². The van der Waals surface area contributed by atoms with Gasteiger partial charge < -0.3 is 0 Å². The lowest BCUT2D eigenvalue weighted by Gasteiger charge is -2.55. The van der Waals surface area contributed by atoms with Crippen molar-refractivity contribution < 1.29 is 0 Å². The van der Waals surface area contributed by atoms with Crippen LogP contribution in [-0.4, -0.2) is 40.8 Å². The molecule has 4 fully saturated rings. The van der Waals surface area contributed by atoms with E-state index < -0.39 is 0 Å². The molecule has 26 heavy (non-hydrogen) atoms. The number of nitrogens with zero attached hydrogens (tertiary/aromatic N) is 6. The predicted octanol–water partition coefficient (Wildman–Crippen LogP) is 2.51. The molecule has 0 saturated heterocycles. The zero-order chi connectivity index (χ0) is 17.1. The summed E-state index contributed by atoms with van der Waals surface area (Å²) in [6, 6.07) is 5.71. The summed E-state index contributed by atoms with van der Waals surface area (Å²) in [7, 11) is 0. The van der Waals surface area contributed by atoms with E-state index >= 15 is 0 Å². The van der Waals surface area contributed by atoms with Crippen LogP contribution in [0.2, 0.25) is 0 Å². The summed E-state index contributed by atoms with van der Waals surface area (Å²) in [6.45, 7) is 0. The molecule has 0 spiro atoms. The first-order valence-corrected chi connectivity index (χ1v) is 9.41. The summed E-state index contributed by atoms with van der Waals surface area (Å²) in [6.07, 6.45) is 8.08. The summed E-state index contributed by atoms with van der Waals surface area (Å²) in [5, 5.41) is 21.8. The lowest BCUT2D eigenvalue weighted by molar-refractivity contribution is -0.00920. The molecule has 0 unspecified atom stereocenters. The molecule has 0 aliphatic heterocycles. The monoisotopic (exact) mass is 348 g/mol. The van der Waals surface area contributed by atoms with Crippen molar-refractivity contribution >= 4 is 0 Å². The number of pyridine rings is 1. The largest absolute Gasteiger partial charge is 0.262 e. The van der Waals surface area contributed by atoms with E-state index in [0.717, 1.165) is 29.3 Å². The Kier molecular flexibility index (Phi) is 2.90. The normalized spacial score (nSPS) is 32.2. The zero-order valence-corrected chi connectivity index (χ0v) is 14.4. The van der Waals surface area contributed by atoms with Crippen molar-refractivity contribution in [1.29, 1.82) is 0 Å². The molecule has 8 heteroatoms. The molecule has 4 bridgehead atoms. The van der Waals surface area contributed by atoms with Crippen LogP contribution in [0.3, 0.4) is 0 Å². The summed E-state index contributed by atoms with van der Waals surface area (Å²) < 4.78 is 0. The molecular weight excluding hydrogens is 328 g/mol. The molecule has 8 nitrogen and oxygen atoms in total. The molecule has 0 atom stereocenters. The van der Waals surface area contributed by atoms with Crippen LogP contribution in [0.4, 0.5) is 0 Å². The Bertz CT molecular complexity index is 908. The second-order valence-electron chi connectivity index (χ2n) is 8.35. The molecule has 132 valence electrons. The zero-order valence-electron chi connectivity index (χ0n) is 14.4. The van der Waals surface area contributed by atoms with Crippen LogP contribution in [0.25, 0.3) is 23.0 Å². The summed E-state index contributed by atoms with van der Waals surface area (Å²) >= 11 is 0. The number of hydrogen-bond donors (Lipinski definition) is 2. The van der Waals surface area contributed by atoms with Gasteiger partial charge in [-0.3, -0.25) is 5.10 Å². The van der Waals surface area contributed by atoms with Crippen molar-refractivity contribution in [3.8, 4) is 23.0 Å². The second kappa shape index (κ2) is 5.18. The quantitative estimate of drug-likeness (QED) is 0.753. The Hall–Kier alpha value is -2.64. The predicted molar refractivity (Wildman–Crippen MR) is 92.6 cm³/mol. The van der Waals surface area contributed by atoms with Gasteiger partial charge in [0.1, 0.15) is 17.2 Å². The standard InChI is InChI=1S/C18H20N8/c1-2-13(19-14(3-1)16-22-25-26-23-16)15-20-17(24-21-15)18-7-10-4-11(8-18)6-12(5-10)9-18/h1-3,10-12H,4-9H2,(H,20,21,24)(H,22,23,25,26). The SMILES string of the molecule is c1cc(-c2nn[nH]n2)nc(-c2n[nH]c(C34CC5CC(CC(C5)C3)C4)n2)c1. The van der Waals surface area contributed by atoms with Crippen LogP contribution in [-0.2, 0) is 5.41 Å². The molecule has 4 aliphatic carbocycles. The first kappa shape index (κ1) is 14.5. The van der Waals surface area contributed by atoms with Crippen LogP contribution in [0.1, 0.15) is 44.3 Å². The first-order valence-electron chi connectivity index (χ1n) is 9.41. The maximum Gasteiger partial charge on any atom is 0.222 e. The van der Waals surface area contributed by atoms with Crippen molar-refractivity contribution in [3.05, 3.63) is 24.0 Å². The Balaban J connectivity index is 1.35. The van der Waals surface area contributed by atoms with E-state index in [1.165, 1.54) is 38.5 Å². The third-order valence-electron chi connectivity index (χ3n) is 6.58. The minimum absolute atomic E-state index is 0.214. The van der Waals surface area contributed by atoms with Crippen molar-refractivity contribution in [2.24, 2.45) is 17.8 Å². The van der Waals surface area contributed by atoms with Gasteiger partial charge >= 0.3 is 0 Å². The van der Waals surface area contributed by atoms with E-state index in [1.54, 1.807) is 0 Å². The molecule has 0 aromatic carbocycles. The van der Waals surface area contributed by atoms with Gasteiger partial charge in [0, 0.05) is 5.41 Å². The number of H-pyrrole nitrogens is 2.